The summed E-state index contributed by atoms with van der Waals surface area (Å²) in [5.74, 6) is 0.520. The molecule has 3 aromatic rings. The number of rotatable bonds is 4. The van der Waals surface area contributed by atoms with Gasteiger partial charge in [-0.25, -0.2) is 9.97 Å². The Balaban J connectivity index is 1.82. The van der Waals surface area contributed by atoms with Crippen LogP contribution in [-0.4, -0.2) is 9.97 Å². The maximum Gasteiger partial charge on any atom is 0.145 e. The molecule has 2 aromatic carbocycles. The predicted molar refractivity (Wildman–Crippen MR) is 90.5 cm³/mol. The fourth-order valence-corrected chi connectivity index (χ4v) is 2.39. The maximum absolute atomic E-state index is 5.98. The number of hydrogen-bond acceptors (Lipinski definition) is 3. The standard InChI is InChI=1S/C19H19N3/c1-14-7-10-16(11-8-14)18-13-21-19(20)17(22-18)12-9-15-5-3-2-4-6-15/h2-8,10-11,13H,9,12H2,1H3,(H2,20,21). The average molecular weight is 289 g/mol. The van der Waals surface area contributed by atoms with Crippen molar-refractivity contribution in [2.24, 2.45) is 0 Å². The molecule has 0 atom stereocenters. The average Bonchev–Trinajstić information content (AvgIpc) is 2.56. The van der Waals surface area contributed by atoms with E-state index in [4.69, 9.17) is 10.7 Å². The number of benzene rings is 2. The zero-order chi connectivity index (χ0) is 15.4. The molecule has 0 radical (unpaired) electrons. The van der Waals surface area contributed by atoms with Gasteiger partial charge in [0.15, 0.2) is 0 Å². The van der Waals surface area contributed by atoms with E-state index in [2.05, 4.69) is 48.3 Å². The quantitative estimate of drug-likeness (QED) is 0.794. The van der Waals surface area contributed by atoms with Gasteiger partial charge in [0.2, 0.25) is 0 Å². The Morgan fingerprint density at radius 1 is 0.909 bits per heavy atom. The maximum atomic E-state index is 5.98. The molecule has 0 unspecified atom stereocenters. The van der Waals surface area contributed by atoms with Gasteiger partial charge in [0.25, 0.3) is 0 Å². The molecule has 1 aromatic heterocycles. The molecule has 0 amide bonds. The summed E-state index contributed by atoms with van der Waals surface area (Å²) in [6.45, 7) is 2.07. The van der Waals surface area contributed by atoms with Crippen LogP contribution in [0.25, 0.3) is 11.3 Å². The van der Waals surface area contributed by atoms with E-state index < -0.39 is 0 Å². The highest BCUT2D eigenvalue weighted by Crippen LogP contribution is 2.20. The number of aromatic nitrogens is 2. The molecule has 22 heavy (non-hydrogen) atoms. The molecule has 0 spiro atoms. The lowest BCUT2D eigenvalue weighted by Crippen LogP contribution is -2.04. The molecule has 3 heteroatoms. The van der Waals surface area contributed by atoms with Crippen LogP contribution in [0.5, 0.6) is 0 Å². The van der Waals surface area contributed by atoms with E-state index in [0.717, 1.165) is 29.8 Å². The number of hydrogen-bond donors (Lipinski definition) is 1. The molecule has 0 saturated heterocycles. The lowest BCUT2D eigenvalue weighted by atomic mass is 10.1. The van der Waals surface area contributed by atoms with E-state index in [9.17, 15) is 0 Å². The van der Waals surface area contributed by atoms with Gasteiger partial charge in [-0.2, -0.15) is 0 Å². The molecule has 0 aliphatic carbocycles. The van der Waals surface area contributed by atoms with E-state index in [-0.39, 0.29) is 0 Å². The summed E-state index contributed by atoms with van der Waals surface area (Å²) in [7, 11) is 0. The van der Waals surface area contributed by atoms with Gasteiger partial charge in [-0.3, -0.25) is 0 Å². The molecule has 0 aliphatic heterocycles. The van der Waals surface area contributed by atoms with Gasteiger partial charge in [-0.15, -0.1) is 0 Å². The lowest BCUT2D eigenvalue weighted by Gasteiger charge is -2.08. The van der Waals surface area contributed by atoms with Crippen molar-refractivity contribution >= 4 is 5.82 Å². The number of aryl methyl sites for hydroxylation is 3. The second-order valence-corrected chi connectivity index (χ2v) is 5.44. The molecule has 0 saturated carbocycles. The molecule has 0 fully saturated rings. The number of nitrogens with zero attached hydrogens (tertiary/aromatic N) is 2. The van der Waals surface area contributed by atoms with Crippen LogP contribution >= 0.6 is 0 Å². The van der Waals surface area contributed by atoms with Crippen LogP contribution in [0.3, 0.4) is 0 Å². The number of nitrogens with two attached hydrogens (primary N) is 1. The molecule has 0 bridgehead atoms. The second-order valence-electron chi connectivity index (χ2n) is 5.44. The van der Waals surface area contributed by atoms with Crippen LogP contribution in [0.2, 0.25) is 0 Å². The summed E-state index contributed by atoms with van der Waals surface area (Å²) < 4.78 is 0. The van der Waals surface area contributed by atoms with Crippen molar-refractivity contribution in [3.63, 3.8) is 0 Å². The van der Waals surface area contributed by atoms with Crippen molar-refractivity contribution in [3.05, 3.63) is 77.6 Å². The third kappa shape index (κ3) is 3.31. The first-order valence-corrected chi connectivity index (χ1v) is 7.45. The van der Waals surface area contributed by atoms with Crippen LogP contribution in [0, 0.1) is 6.92 Å². The first kappa shape index (κ1) is 14.3. The number of nitrogen functional groups attached to an aromatic ring is 1. The predicted octanol–water partition coefficient (Wildman–Crippen LogP) is 3.82. The first-order valence-electron chi connectivity index (χ1n) is 7.45. The monoisotopic (exact) mass is 289 g/mol. The SMILES string of the molecule is Cc1ccc(-c2cnc(N)c(CCc3ccccc3)n2)cc1. The minimum absolute atomic E-state index is 0.520. The van der Waals surface area contributed by atoms with Crippen molar-refractivity contribution in [2.75, 3.05) is 5.73 Å². The Labute approximate surface area is 130 Å². The summed E-state index contributed by atoms with van der Waals surface area (Å²) in [6.07, 6.45) is 3.45. The highest BCUT2D eigenvalue weighted by molar-refractivity contribution is 5.60. The molecular formula is C19H19N3. The highest BCUT2D eigenvalue weighted by atomic mass is 14.9. The van der Waals surface area contributed by atoms with E-state index in [1.165, 1.54) is 11.1 Å². The molecule has 3 nitrogen and oxygen atoms in total. The molecule has 0 aliphatic rings. The summed E-state index contributed by atoms with van der Waals surface area (Å²) >= 11 is 0. The first-order chi connectivity index (χ1) is 10.7. The zero-order valence-corrected chi connectivity index (χ0v) is 12.7. The molecule has 2 N–H and O–H groups in total. The summed E-state index contributed by atoms with van der Waals surface area (Å²) in [4.78, 5) is 9.01. The van der Waals surface area contributed by atoms with Crippen molar-refractivity contribution in [2.45, 2.75) is 19.8 Å². The van der Waals surface area contributed by atoms with Crippen LogP contribution < -0.4 is 5.73 Å². The van der Waals surface area contributed by atoms with Gasteiger partial charge in [0.05, 0.1) is 17.6 Å². The molecule has 1 heterocycles. The minimum Gasteiger partial charge on any atom is -0.382 e. The summed E-state index contributed by atoms with van der Waals surface area (Å²) in [5.41, 5.74) is 11.3. The summed E-state index contributed by atoms with van der Waals surface area (Å²) in [6, 6.07) is 18.7. The minimum atomic E-state index is 0.520. The van der Waals surface area contributed by atoms with Gasteiger partial charge in [0.1, 0.15) is 5.82 Å². The molecule has 3 rings (SSSR count). The highest BCUT2D eigenvalue weighted by Gasteiger charge is 2.07. The topological polar surface area (TPSA) is 51.8 Å². The van der Waals surface area contributed by atoms with Crippen molar-refractivity contribution in [1.29, 1.82) is 0 Å². The van der Waals surface area contributed by atoms with Crippen LogP contribution in [-0.2, 0) is 12.8 Å². The molecular weight excluding hydrogens is 270 g/mol. The Morgan fingerprint density at radius 2 is 1.64 bits per heavy atom. The van der Waals surface area contributed by atoms with Crippen LogP contribution in [0.15, 0.2) is 60.8 Å². The Morgan fingerprint density at radius 3 is 2.36 bits per heavy atom. The van der Waals surface area contributed by atoms with Crippen molar-refractivity contribution < 1.29 is 0 Å². The molecule has 110 valence electrons. The van der Waals surface area contributed by atoms with Gasteiger partial charge in [-0.1, -0.05) is 60.2 Å². The smallest absolute Gasteiger partial charge is 0.145 e. The van der Waals surface area contributed by atoms with E-state index in [0.29, 0.717) is 5.82 Å². The van der Waals surface area contributed by atoms with Gasteiger partial charge < -0.3 is 5.73 Å². The van der Waals surface area contributed by atoms with Crippen molar-refractivity contribution in [3.8, 4) is 11.3 Å². The van der Waals surface area contributed by atoms with E-state index in [1.54, 1.807) is 6.20 Å². The van der Waals surface area contributed by atoms with Gasteiger partial charge in [-0.05, 0) is 25.3 Å². The normalized spacial score (nSPS) is 10.6. The van der Waals surface area contributed by atoms with Crippen molar-refractivity contribution in [1.82, 2.24) is 9.97 Å². The Kier molecular flexibility index (Phi) is 4.15. The third-order valence-corrected chi connectivity index (χ3v) is 3.72. The van der Waals surface area contributed by atoms with Crippen LogP contribution in [0.1, 0.15) is 16.8 Å². The number of anilines is 1. The van der Waals surface area contributed by atoms with Gasteiger partial charge in [0, 0.05) is 5.56 Å². The van der Waals surface area contributed by atoms with Crippen LogP contribution in [0.4, 0.5) is 5.82 Å². The lowest BCUT2D eigenvalue weighted by molar-refractivity contribution is 0.907. The Hall–Kier alpha value is -2.68. The second kappa shape index (κ2) is 6.39. The third-order valence-electron chi connectivity index (χ3n) is 3.72. The Bertz CT molecular complexity index is 749. The summed E-state index contributed by atoms with van der Waals surface area (Å²) in [5, 5.41) is 0. The van der Waals surface area contributed by atoms with E-state index in [1.807, 2.05) is 18.2 Å². The largest absolute Gasteiger partial charge is 0.382 e. The van der Waals surface area contributed by atoms with E-state index >= 15 is 0 Å². The van der Waals surface area contributed by atoms with Gasteiger partial charge >= 0.3 is 0 Å². The zero-order valence-electron chi connectivity index (χ0n) is 12.7. The fraction of sp³-hybridized carbons (Fsp3) is 0.158. The fourth-order valence-electron chi connectivity index (χ4n) is 2.39.